The van der Waals surface area contributed by atoms with E-state index in [1.807, 2.05) is 31.2 Å². The fraction of sp³-hybridized carbons (Fsp3) is 0.0526. The Bertz CT molecular complexity index is 2000. The fourth-order valence-corrected chi connectivity index (χ4v) is 5.33. The van der Waals surface area contributed by atoms with Crippen molar-refractivity contribution in [1.29, 1.82) is 5.26 Å². The molecule has 6 rings (SSSR count). The smallest absolute Gasteiger partial charge is 0.212 e. The zero-order valence-electron chi connectivity index (χ0n) is 23.0. The summed E-state index contributed by atoms with van der Waals surface area (Å²) in [5.41, 5.74) is 8.50. The van der Waals surface area contributed by atoms with Crippen LogP contribution in [0.4, 0.5) is 22.7 Å². The molecule has 0 aliphatic rings. The Hall–Kier alpha value is -5.64. The van der Waals surface area contributed by atoms with Crippen LogP contribution in [0.15, 0.2) is 115 Å². The van der Waals surface area contributed by atoms with Crippen molar-refractivity contribution in [3.8, 4) is 6.07 Å². The molecule has 0 unspecified atom stereocenters. The van der Waals surface area contributed by atoms with Gasteiger partial charge in [0, 0.05) is 17.1 Å². The summed E-state index contributed by atoms with van der Waals surface area (Å²) in [5.74, 6) is 0. The summed E-state index contributed by atoms with van der Waals surface area (Å²) >= 11 is 0. The molecule has 0 saturated heterocycles. The Morgan fingerprint density at radius 3 is 1.85 bits per heavy atom. The van der Waals surface area contributed by atoms with E-state index in [1.54, 1.807) is 0 Å². The van der Waals surface area contributed by atoms with Crippen LogP contribution in [0.3, 0.4) is 0 Å². The van der Waals surface area contributed by atoms with Crippen LogP contribution < -0.4 is 4.90 Å². The molecule has 0 heterocycles. The van der Waals surface area contributed by atoms with Crippen LogP contribution in [0, 0.1) is 31.8 Å². The summed E-state index contributed by atoms with van der Waals surface area (Å²) in [7, 11) is 0. The number of hydrogen-bond donors (Lipinski definition) is 0. The topological polar surface area (TPSA) is 31.4 Å². The van der Waals surface area contributed by atoms with Crippen LogP contribution in [-0.2, 0) is 0 Å². The number of benzene rings is 6. The molecule has 0 atom stereocenters. The highest BCUT2D eigenvalue weighted by Gasteiger charge is 2.15. The zero-order chi connectivity index (χ0) is 28.3. The van der Waals surface area contributed by atoms with Gasteiger partial charge >= 0.3 is 0 Å². The molecule has 0 aromatic heterocycles. The molecule has 0 radical (unpaired) electrons. The van der Waals surface area contributed by atoms with Crippen LogP contribution in [0.5, 0.6) is 0 Å². The molecule has 0 saturated carbocycles. The molecule has 6 aromatic carbocycles. The standard InChI is InChI=1S/C38H27N3/c1-26-9-17-31(18-10-26)41(30-7-5-4-6-8-30)32-19-14-28(15-20-32)12-13-29-16-22-34-33-21-11-27(2)23-35(33)37(25-39)38(40-3)36(34)24-29/h4-24H,1-2H3. The minimum Gasteiger partial charge on any atom is -0.311 e. The molecular formula is C38H27N3. The Balaban J connectivity index is 1.35. The maximum atomic E-state index is 9.93. The Morgan fingerprint density at radius 2 is 1.17 bits per heavy atom. The average Bonchev–Trinajstić information content (AvgIpc) is 3.01. The van der Waals surface area contributed by atoms with Gasteiger partial charge in [-0.05, 0) is 82.9 Å². The molecule has 194 valence electrons. The molecule has 0 N–H and O–H groups in total. The van der Waals surface area contributed by atoms with Gasteiger partial charge in [-0.1, -0.05) is 102 Å². The second-order valence-corrected chi connectivity index (χ2v) is 10.2. The van der Waals surface area contributed by atoms with E-state index in [1.165, 1.54) is 5.56 Å². The summed E-state index contributed by atoms with van der Waals surface area (Å²) in [6, 6.07) is 42.0. The summed E-state index contributed by atoms with van der Waals surface area (Å²) < 4.78 is 0. The van der Waals surface area contributed by atoms with Crippen molar-refractivity contribution in [2.75, 3.05) is 4.90 Å². The zero-order valence-corrected chi connectivity index (χ0v) is 23.0. The lowest BCUT2D eigenvalue weighted by Crippen LogP contribution is -2.09. The van der Waals surface area contributed by atoms with Gasteiger partial charge in [0.2, 0.25) is 5.69 Å². The number of hydrogen-bond acceptors (Lipinski definition) is 2. The molecule has 0 aliphatic heterocycles. The van der Waals surface area contributed by atoms with Crippen molar-refractivity contribution in [3.63, 3.8) is 0 Å². The van der Waals surface area contributed by atoms with E-state index in [0.717, 1.165) is 55.3 Å². The lowest BCUT2D eigenvalue weighted by atomic mass is 9.93. The Kier molecular flexibility index (Phi) is 6.78. The van der Waals surface area contributed by atoms with Crippen LogP contribution in [0.25, 0.3) is 38.5 Å². The van der Waals surface area contributed by atoms with E-state index in [9.17, 15) is 5.26 Å². The molecular weight excluding hydrogens is 498 g/mol. The van der Waals surface area contributed by atoms with Crippen molar-refractivity contribution >= 4 is 56.4 Å². The van der Waals surface area contributed by atoms with Crippen LogP contribution in [0.2, 0.25) is 0 Å². The van der Waals surface area contributed by atoms with Crippen molar-refractivity contribution in [2.24, 2.45) is 0 Å². The van der Waals surface area contributed by atoms with Gasteiger partial charge in [-0.25, -0.2) is 4.85 Å². The first kappa shape index (κ1) is 25.6. The fourth-order valence-electron chi connectivity index (χ4n) is 5.33. The van der Waals surface area contributed by atoms with E-state index in [0.29, 0.717) is 11.3 Å². The molecule has 0 fully saturated rings. The second-order valence-electron chi connectivity index (χ2n) is 10.2. The van der Waals surface area contributed by atoms with E-state index in [-0.39, 0.29) is 0 Å². The quantitative estimate of drug-likeness (QED) is 0.127. The maximum absolute atomic E-state index is 9.93. The minimum atomic E-state index is 0.414. The van der Waals surface area contributed by atoms with E-state index in [2.05, 4.69) is 126 Å². The number of fused-ring (bicyclic) bond motifs is 3. The van der Waals surface area contributed by atoms with Gasteiger partial charge in [0.15, 0.2) is 0 Å². The number of aryl methyl sites for hydroxylation is 2. The van der Waals surface area contributed by atoms with E-state index < -0.39 is 0 Å². The lowest BCUT2D eigenvalue weighted by molar-refractivity contribution is 1.27. The first-order valence-corrected chi connectivity index (χ1v) is 13.5. The van der Waals surface area contributed by atoms with Gasteiger partial charge in [0.05, 0.1) is 18.2 Å². The van der Waals surface area contributed by atoms with Gasteiger partial charge in [-0.2, -0.15) is 5.26 Å². The van der Waals surface area contributed by atoms with Gasteiger partial charge in [0.25, 0.3) is 0 Å². The first-order chi connectivity index (χ1) is 20.1. The monoisotopic (exact) mass is 525 g/mol. The molecule has 6 aromatic rings. The Morgan fingerprint density at radius 1 is 0.610 bits per heavy atom. The van der Waals surface area contributed by atoms with Crippen LogP contribution in [-0.4, -0.2) is 0 Å². The highest BCUT2D eigenvalue weighted by Crippen LogP contribution is 2.39. The predicted molar refractivity (Wildman–Crippen MR) is 172 cm³/mol. The third-order valence-corrected chi connectivity index (χ3v) is 7.42. The summed E-state index contributed by atoms with van der Waals surface area (Å²) in [5, 5.41) is 13.6. The SMILES string of the molecule is [C-]#[N+]c1c(C#N)c2cc(C)ccc2c2ccc(C=Cc3ccc(N(c4ccccc4)c4ccc(C)cc4)cc3)cc12. The van der Waals surface area contributed by atoms with Crippen molar-refractivity contribution < 1.29 is 0 Å². The van der Waals surface area contributed by atoms with Gasteiger partial charge in [-0.3, -0.25) is 0 Å². The molecule has 0 amide bonds. The highest BCUT2D eigenvalue weighted by atomic mass is 15.1. The van der Waals surface area contributed by atoms with Crippen molar-refractivity contribution in [3.05, 3.63) is 154 Å². The molecule has 3 nitrogen and oxygen atoms in total. The van der Waals surface area contributed by atoms with Crippen LogP contribution >= 0.6 is 0 Å². The molecule has 0 bridgehead atoms. The highest BCUT2D eigenvalue weighted by molar-refractivity contribution is 6.17. The summed E-state index contributed by atoms with van der Waals surface area (Å²) in [6.07, 6.45) is 4.14. The molecule has 0 aliphatic carbocycles. The molecule has 3 heteroatoms. The van der Waals surface area contributed by atoms with Crippen molar-refractivity contribution in [1.82, 2.24) is 0 Å². The average molecular weight is 526 g/mol. The van der Waals surface area contributed by atoms with Gasteiger partial charge in [0.1, 0.15) is 0 Å². The Labute approximate surface area is 240 Å². The van der Waals surface area contributed by atoms with Gasteiger partial charge < -0.3 is 4.90 Å². The minimum absolute atomic E-state index is 0.414. The number of rotatable bonds is 5. The largest absolute Gasteiger partial charge is 0.311 e. The lowest BCUT2D eigenvalue weighted by Gasteiger charge is -2.25. The second kappa shape index (κ2) is 10.9. The third kappa shape index (κ3) is 4.94. The summed E-state index contributed by atoms with van der Waals surface area (Å²) in [4.78, 5) is 6.04. The predicted octanol–water partition coefficient (Wildman–Crippen LogP) is 10.7. The molecule has 41 heavy (non-hydrogen) atoms. The first-order valence-electron chi connectivity index (χ1n) is 13.5. The van der Waals surface area contributed by atoms with Crippen molar-refractivity contribution in [2.45, 2.75) is 13.8 Å². The third-order valence-electron chi connectivity index (χ3n) is 7.42. The number of anilines is 3. The van der Waals surface area contributed by atoms with Gasteiger partial charge in [-0.15, -0.1) is 0 Å². The number of nitrogens with zero attached hydrogens (tertiary/aromatic N) is 3. The van der Waals surface area contributed by atoms with Crippen LogP contribution in [0.1, 0.15) is 27.8 Å². The number of nitriles is 1. The number of para-hydroxylation sites is 1. The molecule has 0 spiro atoms. The van der Waals surface area contributed by atoms with E-state index in [4.69, 9.17) is 6.57 Å². The van der Waals surface area contributed by atoms with E-state index >= 15 is 0 Å². The summed E-state index contributed by atoms with van der Waals surface area (Å²) in [6.45, 7) is 12.0. The normalized spacial score (nSPS) is 11.0. The maximum Gasteiger partial charge on any atom is 0.212 e.